The van der Waals surface area contributed by atoms with Gasteiger partial charge in [-0.25, -0.2) is 0 Å². The highest BCUT2D eigenvalue weighted by Gasteiger charge is 2.29. The van der Waals surface area contributed by atoms with Crippen LogP contribution in [0.15, 0.2) is 0 Å². The Morgan fingerprint density at radius 1 is 1.44 bits per heavy atom. The van der Waals surface area contributed by atoms with E-state index < -0.39 is 10.8 Å². The highest BCUT2D eigenvalue weighted by Crippen LogP contribution is 2.18. The molecule has 1 fully saturated rings. The van der Waals surface area contributed by atoms with Gasteiger partial charge in [-0.05, 0) is 33.6 Å². The van der Waals surface area contributed by atoms with Crippen LogP contribution in [0.3, 0.4) is 0 Å². The summed E-state index contributed by atoms with van der Waals surface area (Å²) in [6.07, 6.45) is 1.17. The van der Waals surface area contributed by atoms with Gasteiger partial charge in [0.2, 0.25) is 5.91 Å². The lowest BCUT2D eigenvalue weighted by molar-refractivity contribution is -0.131. The lowest BCUT2D eigenvalue weighted by Gasteiger charge is -2.18. The molecular weight excluding hydrogens is 252 g/mol. The molecule has 18 heavy (non-hydrogen) atoms. The fourth-order valence-corrected chi connectivity index (χ4v) is 2.66. The van der Waals surface area contributed by atoms with E-state index in [4.69, 9.17) is 10.5 Å². The Hall–Kier alpha value is -0.460. The van der Waals surface area contributed by atoms with Crippen LogP contribution in [0.4, 0.5) is 0 Å². The first-order valence-electron chi connectivity index (χ1n) is 6.36. The van der Waals surface area contributed by atoms with Crippen LogP contribution in [0.5, 0.6) is 0 Å². The molecule has 1 aliphatic heterocycles. The van der Waals surface area contributed by atoms with Gasteiger partial charge in [0.05, 0.1) is 6.10 Å². The van der Waals surface area contributed by atoms with Gasteiger partial charge in [-0.1, -0.05) is 0 Å². The fraction of sp³-hybridized carbons (Fsp3) is 0.917. The standard InChI is InChI=1S/C12H24N2O3S/c1-12(2,3)18(16)7-6-14-11(15)10-5-4-9(8-13)17-10/h9-10H,4-8,13H2,1-3H3,(H,14,15)/t9-,10+,18?/m1/s1. The molecule has 1 aliphatic rings. The summed E-state index contributed by atoms with van der Waals surface area (Å²) in [4.78, 5) is 11.8. The van der Waals surface area contributed by atoms with Crippen molar-refractivity contribution in [2.75, 3.05) is 18.8 Å². The van der Waals surface area contributed by atoms with E-state index in [1.807, 2.05) is 20.8 Å². The number of ether oxygens (including phenoxy) is 1. The molecule has 1 saturated heterocycles. The SMILES string of the molecule is CC(C)(C)S(=O)CCNC(=O)[C@@H]1CC[C@H](CN)O1. The Bertz CT molecular complexity index is 315. The largest absolute Gasteiger partial charge is 0.364 e. The van der Waals surface area contributed by atoms with Crippen LogP contribution < -0.4 is 11.1 Å². The lowest BCUT2D eigenvalue weighted by Crippen LogP contribution is -2.38. The maximum Gasteiger partial charge on any atom is 0.249 e. The summed E-state index contributed by atoms with van der Waals surface area (Å²) in [6.45, 7) is 6.66. The number of hydrogen-bond donors (Lipinski definition) is 2. The molecule has 1 amide bonds. The first kappa shape index (κ1) is 15.6. The normalized spacial score (nSPS) is 26.0. The number of nitrogens with two attached hydrogens (primary N) is 1. The van der Waals surface area contributed by atoms with Crippen LogP contribution in [-0.4, -0.2) is 45.9 Å². The summed E-state index contributed by atoms with van der Waals surface area (Å²) in [5.74, 6) is 0.360. The minimum Gasteiger partial charge on any atom is -0.364 e. The number of hydrogen-bond acceptors (Lipinski definition) is 4. The van der Waals surface area contributed by atoms with Crippen molar-refractivity contribution >= 4 is 16.7 Å². The maximum absolute atomic E-state index is 11.8. The van der Waals surface area contributed by atoms with E-state index in [-0.39, 0.29) is 22.9 Å². The number of nitrogens with one attached hydrogen (secondary N) is 1. The molecule has 0 aromatic carbocycles. The molecule has 0 aromatic rings. The van der Waals surface area contributed by atoms with Crippen molar-refractivity contribution in [1.29, 1.82) is 0 Å². The van der Waals surface area contributed by atoms with Crippen molar-refractivity contribution in [1.82, 2.24) is 5.32 Å². The second-order valence-electron chi connectivity index (χ2n) is 5.51. The average molecular weight is 276 g/mol. The summed E-state index contributed by atoms with van der Waals surface area (Å²) in [5, 5.41) is 2.77. The summed E-state index contributed by atoms with van der Waals surface area (Å²) in [5.41, 5.74) is 5.49. The Morgan fingerprint density at radius 3 is 2.61 bits per heavy atom. The van der Waals surface area contributed by atoms with Crippen LogP contribution in [0, 0.1) is 0 Å². The molecule has 0 saturated carbocycles. The Balaban J connectivity index is 2.24. The maximum atomic E-state index is 11.8. The van der Waals surface area contributed by atoms with Crippen LogP contribution in [0.2, 0.25) is 0 Å². The Morgan fingerprint density at radius 2 is 2.11 bits per heavy atom. The Labute approximate surface area is 111 Å². The third kappa shape index (κ3) is 4.66. The molecule has 5 nitrogen and oxygen atoms in total. The number of carbonyl (C=O) groups excluding carboxylic acids is 1. The van der Waals surface area contributed by atoms with E-state index >= 15 is 0 Å². The second-order valence-corrected chi connectivity index (χ2v) is 7.84. The molecule has 1 unspecified atom stereocenters. The van der Waals surface area contributed by atoms with Crippen LogP contribution in [0.25, 0.3) is 0 Å². The second kappa shape index (κ2) is 6.63. The lowest BCUT2D eigenvalue weighted by atomic mass is 10.2. The number of amides is 1. The first-order valence-corrected chi connectivity index (χ1v) is 7.68. The van der Waals surface area contributed by atoms with Crippen molar-refractivity contribution in [2.45, 2.75) is 50.6 Å². The van der Waals surface area contributed by atoms with Gasteiger partial charge in [0, 0.05) is 34.4 Å². The third-order valence-electron chi connectivity index (χ3n) is 2.93. The molecule has 0 radical (unpaired) electrons. The molecule has 0 aliphatic carbocycles. The average Bonchev–Trinajstić information content (AvgIpc) is 2.75. The van der Waals surface area contributed by atoms with E-state index in [1.54, 1.807) is 0 Å². The van der Waals surface area contributed by atoms with Crippen LogP contribution in [0.1, 0.15) is 33.6 Å². The molecule has 1 heterocycles. The van der Waals surface area contributed by atoms with E-state index in [0.717, 1.165) is 12.8 Å². The fourth-order valence-electron chi connectivity index (χ4n) is 1.76. The molecule has 0 bridgehead atoms. The smallest absolute Gasteiger partial charge is 0.249 e. The first-order chi connectivity index (χ1) is 8.34. The zero-order valence-corrected chi connectivity index (χ0v) is 12.2. The molecule has 1 rings (SSSR count). The zero-order chi connectivity index (χ0) is 13.8. The predicted octanol–water partition coefficient (Wildman–Crippen LogP) is 0.156. The molecule has 3 N–H and O–H groups in total. The van der Waals surface area contributed by atoms with Crippen molar-refractivity contribution in [3.05, 3.63) is 0 Å². The Kier molecular flexibility index (Phi) is 5.75. The van der Waals surface area contributed by atoms with Crippen LogP contribution in [-0.2, 0) is 20.3 Å². The van der Waals surface area contributed by atoms with Gasteiger partial charge in [0.25, 0.3) is 0 Å². The third-order valence-corrected chi connectivity index (χ3v) is 4.87. The number of carbonyl (C=O) groups is 1. The molecule has 0 aromatic heterocycles. The van der Waals surface area contributed by atoms with Crippen molar-refractivity contribution in [3.8, 4) is 0 Å². The van der Waals surface area contributed by atoms with Crippen molar-refractivity contribution in [2.24, 2.45) is 5.73 Å². The summed E-state index contributed by atoms with van der Waals surface area (Å²) < 4.78 is 17.0. The molecule has 3 atom stereocenters. The molecular formula is C12H24N2O3S. The van der Waals surface area contributed by atoms with E-state index in [1.165, 1.54) is 0 Å². The van der Waals surface area contributed by atoms with Gasteiger partial charge < -0.3 is 15.8 Å². The topological polar surface area (TPSA) is 81.4 Å². The minimum absolute atomic E-state index is 0.00413. The van der Waals surface area contributed by atoms with E-state index in [9.17, 15) is 9.00 Å². The highest BCUT2D eigenvalue weighted by molar-refractivity contribution is 7.86. The summed E-state index contributed by atoms with van der Waals surface area (Å²) in [7, 11) is -0.939. The highest BCUT2D eigenvalue weighted by atomic mass is 32.2. The van der Waals surface area contributed by atoms with Gasteiger partial charge in [-0.2, -0.15) is 0 Å². The minimum atomic E-state index is -0.939. The molecule has 6 heteroatoms. The van der Waals surface area contributed by atoms with E-state index in [0.29, 0.717) is 18.8 Å². The van der Waals surface area contributed by atoms with Gasteiger partial charge in [-0.3, -0.25) is 9.00 Å². The zero-order valence-electron chi connectivity index (χ0n) is 11.4. The quantitative estimate of drug-likeness (QED) is 0.749. The van der Waals surface area contributed by atoms with Crippen LogP contribution >= 0.6 is 0 Å². The van der Waals surface area contributed by atoms with Gasteiger partial charge >= 0.3 is 0 Å². The summed E-state index contributed by atoms with van der Waals surface area (Å²) in [6, 6.07) is 0. The molecule has 106 valence electrons. The monoisotopic (exact) mass is 276 g/mol. The van der Waals surface area contributed by atoms with E-state index in [2.05, 4.69) is 5.32 Å². The number of rotatable bonds is 5. The van der Waals surface area contributed by atoms with Crippen molar-refractivity contribution < 1.29 is 13.7 Å². The van der Waals surface area contributed by atoms with Gasteiger partial charge in [0.15, 0.2) is 0 Å². The van der Waals surface area contributed by atoms with Crippen molar-refractivity contribution in [3.63, 3.8) is 0 Å². The summed E-state index contributed by atoms with van der Waals surface area (Å²) >= 11 is 0. The van der Waals surface area contributed by atoms with Gasteiger partial charge in [-0.15, -0.1) is 0 Å². The molecule has 0 spiro atoms. The van der Waals surface area contributed by atoms with Gasteiger partial charge in [0.1, 0.15) is 6.10 Å². The predicted molar refractivity (Wildman–Crippen MR) is 72.7 cm³/mol.